The van der Waals surface area contributed by atoms with Crippen molar-refractivity contribution in [2.45, 2.75) is 50.0 Å². The van der Waals surface area contributed by atoms with Crippen LogP contribution >= 0.6 is 12.2 Å². The third-order valence-corrected chi connectivity index (χ3v) is 3.67. The Morgan fingerprint density at radius 3 is 2.59 bits per heavy atom. The van der Waals surface area contributed by atoms with Crippen LogP contribution in [-0.2, 0) is 4.74 Å². The van der Waals surface area contributed by atoms with Crippen molar-refractivity contribution in [3.8, 4) is 0 Å². The van der Waals surface area contributed by atoms with Gasteiger partial charge in [-0.2, -0.15) is 0 Å². The molecule has 0 spiro atoms. The lowest BCUT2D eigenvalue weighted by Gasteiger charge is -2.19. The summed E-state index contributed by atoms with van der Waals surface area (Å²) in [5.74, 6) is 0. The highest BCUT2D eigenvalue weighted by molar-refractivity contribution is 7.80. The summed E-state index contributed by atoms with van der Waals surface area (Å²) in [6.45, 7) is 0.618. The van der Waals surface area contributed by atoms with Gasteiger partial charge in [0.05, 0.1) is 6.61 Å². The fourth-order valence-corrected chi connectivity index (χ4v) is 2.60. The van der Waals surface area contributed by atoms with Crippen LogP contribution in [0.1, 0.15) is 25.7 Å². The number of nitrogens with one attached hydrogen (secondary N) is 2. The molecule has 1 heterocycles. The van der Waals surface area contributed by atoms with Gasteiger partial charge in [-0.3, -0.25) is 0 Å². The van der Waals surface area contributed by atoms with Gasteiger partial charge in [-0.1, -0.05) is 12.8 Å². The zero-order valence-corrected chi connectivity index (χ0v) is 10.6. The van der Waals surface area contributed by atoms with E-state index in [1.807, 2.05) is 0 Å². The number of hydrogen-bond donors (Lipinski definition) is 4. The maximum absolute atomic E-state index is 9.58. The van der Waals surface area contributed by atoms with Crippen LogP contribution in [0, 0.1) is 0 Å². The molecule has 4 N–H and O–H groups in total. The Morgan fingerprint density at radius 2 is 2.00 bits per heavy atom. The lowest BCUT2D eigenvalue weighted by molar-refractivity contribution is 0.0257. The maximum atomic E-state index is 9.58. The van der Waals surface area contributed by atoms with Gasteiger partial charge < -0.3 is 25.6 Å². The molecule has 1 saturated carbocycles. The minimum Gasteiger partial charge on any atom is -0.388 e. The molecular weight excluding hydrogens is 240 g/mol. The van der Waals surface area contributed by atoms with Crippen LogP contribution in [0.3, 0.4) is 0 Å². The molecule has 2 aliphatic rings. The van der Waals surface area contributed by atoms with E-state index in [0.29, 0.717) is 17.7 Å². The van der Waals surface area contributed by atoms with Crippen LogP contribution in [0.15, 0.2) is 0 Å². The van der Waals surface area contributed by atoms with Crippen LogP contribution in [0.5, 0.6) is 0 Å². The SMILES string of the molecule is OC1COC(CNC(=S)NC2CCCC2)C1O. The van der Waals surface area contributed by atoms with E-state index in [2.05, 4.69) is 10.6 Å². The summed E-state index contributed by atoms with van der Waals surface area (Å²) in [7, 11) is 0. The number of aliphatic hydroxyl groups excluding tert-OH is 2. The summed E-state index contributed by atoms with van der Waals surface area (Å²) in [6.07, 6.45) is 2.88. The molecule has 2 rings (SSSR count). The second-order valence-electron chi connectivity index (χ2n) is 4.77. The van der Waals surface area contributed by atoms with E-state index in [0.717, 1.165) is 0 Å². The predicted molar refractivity (Wildman–Crippen MR) is 67.7 cm³/mol. The Hall–Kier alpha value is -0.430. The number of rotatable bonds is 3. The highest BCUT2D eigenvalue weighted by Crippen LogP contribution is 2.17. The Bertz CT molecular complexity index is 271. The van der Waals surface area contributed by atoms with Crippen LogP contribution in [0.2, 0.25) is 0 Å². The number of thiocarbonyl (C=S) groups is 1. The van der Waals surface area contributed by atoms with E-state index in [1.165, 1.54) is 25.7 Å². The van der Waals surface area contributed by atoms with E-state index >= 15 is 0 Å². The molecule has 3 atom stereocenters. The van der Waals surface area contributed by atoms with Crippen molar-refractivity contribution in [1.29, 1.82) is 0 Å². The summed E-state index contributed by atoms with van der Waals surface area (Å²) >= 11 is 5.17. The summed E-state index contributed by atoms with van der Waals surface area (Å²) in [5.41, 5.74) is 0. The molecule has 0 radical (unpaired) electrons. The van der Waals surface area contributed by atoms with Gasteiger partial charge in [0.2, 0.25) is 0 Å². The average Bonchev–Trinajstić information content (AvgIpc) is 2.90. The molecule has 5 nitrogen and oxygen atoms in total. The molecule has 0 aromatic carbocycles. The Morgan fingerprint density at radius 1 is 1.29 bits per heavy atom. The first-order chi connectivity index (χ1) is 8.16. The first-order valence-corrected chi connectivity index (χ1v) is 6.60. The Labute approximate surface area is 107 Å². The van der Waals surface area contributed by atoms with E-state index in [9.17, 15) is 10.2 Å². The molecule has 2 fully saturated rings. The molecule has 17 heavy (non-hydrogen) atoms. The predicted octanol–water partition coefficient (Wildman–Crippen LogP) is -0.486. The topological polar surface area (TPSA) is 73.8 Å². The summed E-state index contributed by atoms with van der Waals surface area (Å²) in [6, 6.07) is 0.481. The zero-order valence-electron chi connectivity index (χ0n) is 9.76. The smallest absolute Gasteiger partial charge is 0.166 e. The first-order valence-electron chi connectivity index (χ1n) is 6.19. The summed E-state index contributed by atoms with van der Waals surface area (Å²) in [5, 5.41) is 25.8. The van der Waals surface area contributed by atoms with Gasteiger partial charge in [0.25, 0.3) is 0 Å². The molecule has 0 bridgehead atoms. The molecule has 0 aromatic heterocycles. The van der Waals surface area contributed by atoms with Gasteiger partial charge in [-0.25, -0.2) is 0 Å². The second-order valence-corrected chi connectivity index (χ2v) is 5.17. The number of ether oxygens (including phenoxy) is 1. The molecule has 0 amide bonds. The van der Waals surface area contributed by atoms with Crippen molar-refractivity contribution in [3.05, 3.63) is 0 Å². The number of aliphatic hydroxyl groups is 2. The normalized spacial score (nSPS) is 33.9. The molecule has 1 aliphatic carbocycles. The zero-order chi connectivity index (χ0) is 12.3. The third kappa shape index (κ3) is 3.51. The first kappa shape index (κ1) is 13.0. The van der Waals surface area contributed by atoms with Gasteiger partial charge in [0.15, 0.2) is 5.11 Å². The highest BCUT2D eigenvalue weighted by Gasteiger charge is 2.34. The van der Waals surface area contributed by atoms with Crippen molar-refractivity contribution in [2.24, 2.45) is 0 Å². The van der Waals surface area contributed by atoms with Gasteiger partial charge in [0.1, 0.15) is 18.3 Å². The van der Waals surface area contributed by atoms with Gasteiger partial charge in [-0.05, 0) is 25.1 Å². The minimum absolute atomic E-state index is 0.191. The quantitative estimate of drug-likeness (QED) is 0.513. The molecule has 6 heteroatoms. The molecule has 98 valence electrons. The van der Waals surface area contributed by atoms with Crippen LogP contribution < -0.4 is 10.6 Å². The molecule has 1 saturated heterocycles. The molecule has 0 aromatic rings. The molecular formula is C11H20N2O3S. The lowest BCUT2D eigenvalue weighted by Crippen LogP contribution is -2.45. The van der Waals surface area contributed by atoms with Crippen LogP contribution in [-0.4, -0.2) is 52.8 Å². The monoisotopic (exact) mass is 260 g/mol. The molecule has 1 aliphatic heterocycles. The van der Waals surface area contributed by atoms with Crippen molar-refractivity contribution in [2.75, 3.05) is 13.2 Å². The molecule has 3 unspecified atom stereocenters. The van der Waals surface area contributed by atoms with E-state index in [4.69, 9.17) is 17.0 Å². The standard InChI is InChI=1S/C11H20N2O3S/c14-8-6-16-9(10(8)15)5-12-11(17)13-7-3-1-2-4-7/h7-10,14-15H,1-6H2,(H2,12,13,17). The van der Waals surface area contributed by atoms with E-state index in [-0.39, 0.29) is 12.7 Å². The lowest BCUT2D eigenvalue weighted by atomic mass is 10.1. The summed E-state index contributed by atoms with van der Waals surface area (Å²) in [4.78, 5) is 0. The number of hydrogen-bond acceptors (Lipinski definition) is 4. The second kappa shape index (κ2) is 5.95. The van der Waals surface area contributed by atoms with E-state index in [1.54, 1.807) is 0 Å². The third-order valence-electron chi connectivity index (χ3n) is 3.41. The maximum Gasteiger partial charge on any atom is 0.166 e. The highest BCUT2D eigenvalue weighted by atomic mass is 32.1. The summed E-state index contributed by atoms with van der Waals surface area (Å²) < 4.78 is 5.25. The van der Waals surface area contributed by atoms with Gasteiger partial charge in [-0.15, -0.1) is 0 Å². The minimum atomic E-state index is -0.822. The average molecular weight is 260 g/mol. The van der Waals surface area contributed by atoms with Gasteiger partial charge in [0, 0.05) is 12.6 Å². The van der Waals surface area contributed by atoms with Gasteiger partial charge >= 0.3 is 0 Å². The fraction of sp³-hybridized carbons (Fsp3) is 0.909. The largest absolute Gasteiger partial charge is 0.388 e. The van der Waals surface area contributed by atoms with E-state index < -0.39 is 12.2 Å². The van der Waals surface area contributed by atoms with Crippen molar-refractivity contribution >= 4 is 17.3 Å². The fourth-order valence-electron chi connectivity index (χ4n) is 2.35. The van der Waals surface area contributed by atoms with Crippen LogP contribution in [0.25, 0.3) is 0 Å². The van der Waals surface area contributed by atoms with Crippen molar-refractivity contribution in [3.63, 3.8) is 0 Å². The Balaban J connectivity index is 1.65. The van der Waals surface area contributed by atoms with Crippen molar-refractivity contribution < 1.29 is 14.9 Å². The van der Waals surface area contributed by atoms with Crippen molar-refractivity contribution in [1.82, 2.24) is 10.6 Å². The van der Waals surface area contributed by atoms with Crippen LogP contribution in [0.4, 0.5) is 0 Å². The Kier molecular flexibility index (Phi) is 4.55.